The maximum Gasteiger partial charge on any atom is 0.319 e. The first-order valence-electron chi connectivity index (χ1n) is 14.9. The molecule has 1 aromatic heterocycles. The first-order valence-corrected chi connectivity index (χ1v) is 14.9. The van der Waals surface area contributed by atoms with Crippen molar-refractivity contribution in [3.63, 3.8) is 0 Å². The molecule has 0 spiro atoms. The van der Waals surface area contributed by atoms with Gasteiger partial charge >= 0.3 is 6.03 Å². The molecular formula is C31H41FN8O2. The molecule has 3 amide bonds. The van der Waals surface area contributed by atoms with Gasteiger partial charge in [-0.25, -0.2) is 13.9 Å². The number of aromatic nitrogens is 4. The van der Waals surface area contributed by atoms with E-state index >= 15 is 0 Å². The quantitative estimate of drug-likeness (QED) is 0.420. The Bertz CT molecular complexity index is 1360. The average molecular weight is 577 g/mol. The zero-order valence-electron chi connectivity index (χ0n) is 24.7. The Morgan fingerprint density at radius 2 is 1.88 bits per heavy atom. The molecule has 3 heterocycles. The standard InChI is InChI=1S/C31H41FN8O2/c1-21(2)30(41)40-15-13-25(19-39-14-5-6-23(18-39)16-22-9-11-26(32)12-10-22)28(20-40)34-31(42)33-27-8-4-7-24(17-27)29-35-36-37-38(29)3/h4,7-12,17,21,23,25,28H,5-6,13-16,18-20H2,1-3H3,(H2,33,34,42)/t23-,25-,28-/m0/s1. The number of halogens is 1. The van der Waals surface area contributed by atoms with Crippen LogP contribution in [0.25, 0.3) is 11.4 Å². The summed E-state index contributed by atoms with van der Waals surface area (Å²) < 4.78 is 15.0. The Kier molecular flexibility index (Phi) is 9.46. The molecule has 10 nitrogen and oxygen atoms in total. The van der Waals surface area contributed by atoms with Crippen molar-refractivity contribution in [3.8, 4) is 11.4 Å². The number of likely N-dealkylation sites (tertiary alicyclic amines) is 2. The number of piperidine rings is 2. The highest BCUT2D eigenvalue weighted by Gasteiger charge is 2.35. The van der Waals surface area contributed by atoms with Crippen LogP contribution in [-0.2, 0) is 18.3 Å². The van der Waals surface area contributed by atoms with E-state index in [-0.39, 0.29) is 35.6 Å². The van der Waals surface area contributed by atoms with E-state index in [1.54, 1.807) is 11.7 Å². The third-order valence-corrected chi connectivity index (χ3v) is 8.41. The number of rotatable bonds is 8. The third kappa shape index (κ3) is 7.50. The monoisotopic (exact) mass is 576 g/mol. The van der Waals surface area contributed by atoms with Gasteiger partial charge in [-0.2, -0.15) is 0 Å². The number of anilines is 1. The fourth-order valence-corrected chi connectivity index (χ4v) is 6.26. The van der Waals surface area contributed by atoms with Crippen LogP contribution in [0, 0.1) is 23.6 Å². The van der Waals surface area contributed by atoms with Gasteiger partial charge in [0.1, 0.15) is 5.82 Å². The minimum atomic E-state index is -0.301. The molecule has 3 aromatic rings. The number of urea groups is 1. The molecule has 2 aliphatic heterocycles. The molecule has 2 aromatic carbocycles. The molecule has 3 atom stereocenters. The molecule has 42 heavy (non-hydrogen) atoms. The van der Waals surface area contributed by atoms with Crippen LogP contribution >= 0.6 is 0 Å². The van der Waals surface area contributed by atoms with Crippen molar-refractivity contribution in [3.05, 3.63) is 59.9 Å². The molecule has 0 radical (unpaired) electrons. The molecule has 2 fully saturated rings. The highest BCUT2D eigenvalue weighted by molar-refractivity contribution is 5.90. The topological polar surface area (TPSA) is 108 Å². The molecule has 0 bridgehead atoms. The zero-order valence-corrected chi connectivity index (χ0v) is 24.7. The second kappa shape index (κ2) is 13.4. The van der Waals surface area contributed by atoms with E-state index in [0.29, 0.717) is 30.5 Å². The predicted molar refractivity (Wildman–Crippen MR) is 159 cm³/mol. The maximum absolute atomic E-state index is 13.4. The lowest BCUT2D eigenvalue weighted by Gasteiger charge is -2.43. The zero-order chi connectivity index (χ0) is 29.6. The second-order valence-corrected chi connectivity index (χ2v) is 12.0. The van der Waals surface area contributed by atoms with E-state index in [9.17, 15) is 14.0 Å². The van der Waals surface area contributed by atoms with Crippen molar-refractivity contribution >= 4 is 17.6 Å². The van der Waals surface area contributed by atoms with Gasteiger partial charge in [-0.15, -0.1) is 5.10 Å². The van der Waals surface area contributed by atoms with Crippen LogP contribution in [0.2, 0.25) is 0 Å². The van der Waals surface area contributed by atoms with Crippen LogP contribution in [0.5, 0.6) is 0 Å². The molecule has 5 rings (SSSR count). The fraction of sp³-hybridized carbons (Fsp3) is 0.516. The number of benzene rings is 2. The van der Waals surface area contributed by atoms with Crippen molar-refractivity contribution in [2.75, 3.05) is 38.0 Å². The van der Waals surface area contributed by atoms with Gasteiger partial charge in [0, 0.05) is 50.4 Å². The van der Waals surface area contributed by atoms with Crippen LogP contribution in [0.1, 0.15) is 38.7 Å². The Balaban J connectivity index is 1.24. The molecule has 224 valence electrons. The highest BCUT2D eigenvalue weighted by Crippen LogP contribution is 2.26. The summed E-state index contributed by atoms with van der Waals surface area (Å²) in [4.78, 5) is 30.5. The molecule has 0 aliphatic carbocycles. The summed E-state index contributed by atoms with van der Waals surface area (Å²) in [5.41, 5.74) is 2.60. The van der Waals surface area contributed by atoms with Crippen molar-refractivity contribution in [1.29, 1.82) is 0 Å². The number of aryl methyl sites for hydroxylation is 1. The van der Waals surface area contributed by atoms with E-state index in [1.165, 1.54) is 17.7 Å². The van der Waals surface area contributed by atoms with E-state index in [1.807, 2.05) is 55.1 Å². The van der Waals surface area contributed by atoms with Gasteiger partial charge in [-0.3, -0.25) is 4.79 Å². The summed E-state index contributed by atoms with van der Waals surface area (Å²) in [6.07, 6.45) is 4.04. The normalized spacial score (nSPS) is 21.4. The van der Waals surface area contributed by atoms with Crippen LogP contribution in [0.3, 0.4) is 0 Å². The summed E-state index contributed by atoms with van der Waals surface area (Å²) in [6.45, 7) is 7.88. The Morgan fingerprint density at radius 1 is 1.07 bits per heavy atom. The van der Waals surface area contributed by atoms with Gasteiger partial charge in [0.05, 0.1) is 6.04 Å². The summed E-state index contributed by atoms with van der Waals surface area (Å²) in [5, 5.41) is 17.8. The van der Waals surface area contributed by atoms with Crippen LogP contribution in [0.15, 0.2) is 48.5 Å². The number of nitrogens with one attached hydrogen (secondary N) is 2. The minimum absolute atomic E-state index is 0.0943. The Labute approximate surface area is 246 Å². The smallest absolute Gasteiger partial charge is 0.319 e. The van der Waals surface area contributed by atoms with Crippen molar-refractivity contribution in [2.45, 2.75) is 45.6 Å². The van der Waals surface area contributed by atoms with E-state index in [4.69, 9.17) is 0 Å². The van der Waals surface area contributed by atoms with Gasteiger partial charge in [0.25, 0.3) is 0 Å². The SMILES string of the molecule is CC(C)C(=O)N1CC[C@@H](CN2CCC[C@@H](Cc3ccc(F)cc3)C2)[C@@H](NC(=O)Nc2cccc(-c3nnnn3C)c2)C1. The van der Waals surface area contributed by atoms with Crippen LogP contribution in [0.4, 0.5) is 14.9 Å². The molecular weight excluding hydrogens is 535 g/mol. The molecule has 2 aliphatic rings. The van der Waals surface area contributed by atoms with Crippen LogP contribution < -0.4 is 10.6 Å². The maximum atomic E-state index is 13.4. The van der Waals surface area contributed by atoms with E-state index < -0.39 is 0 Å². The van der Waals surface area contributed by atoms with Crippen molar-refractivity contribution in [1.82, 2.24) is 35.3 Å². The lowest BCUT2D eigenvalue weighted by Crippen LogP contribution is -2.58. The lowest BCUT2D eigenvalue weighted by molar-refractivity contribution is -0.136. The fourth-order valence-electron chi connectivity index (χ4n) is 6.26. The summed E-state index contributed by atoms with van der Waals surface area (Å²) in [7, 11) is 1.77. The highest BCUT2D eigenvalue weighted by atomic mass is 19.1. The summed E-state index contributed by atoms with van der Waals surface area (Å²) in [6, 6.07) is 13.8. The average Bonchev–Trinajstić information content (AvgIpc) is 3.41. The van der Waals surface area contributed by atoms with Gasteiger partial charge in [-0.1, -0.05) is 38.1 Å². The lowest BCUT2D eigenvalue weighted by atomic mass is 9.87. The third-order valence-electron chi connectivity index (χ3n) is 8.41. The number of amides is 3. The van der Waals surface area contributed by atoms with Crippen LogP contribution in [-0.4, -0.2) is 80.7 Å². The van der Waals surface area contributed by atoms with Crippen molar-refractivity contribution in [2.24, 2.45) is 24.8 Å². The Hall–Kier alpha value is -3.86. The molecule has 11 heteroatoms. The minimum Gasteiger partial charge on any atom is -0.340 e. The van der Waals surface area contributed by atoms with Gasteiger partial charge < -0.3 is 20.4 Å². The molecule has 2 saturated heterocycles. The first-order chi connectivity index (χ1) is 20.2. The molecule has 0 unspecified atom stereocenters. The summed E-state index contributed by atoms with van der Waals surface area (Å²) >= 11 is 0. The van der Waals surface area contributed by atoms with E-state index in [2.05, 4.69) is 31.1 Å². The molecule has 2 N–H and O–H groups in total. The summed E-state index contributed by atoms with van der Waals surface area (Å²) in [5.74, 6) is 1.15. The number of carbonyl (C=O) groups is 2. The molecule has 0 saturated carbocycles. The van der Waals surface area contributed by atoms with E-state index in [0.717, 1.165) is 50.9 Å². The Morgan fingerprint density at radius 3 is 2.62 bits per heavy atom. The van der Waals surface area contributed by atoms with Gasteiger partial charge in [0.15, 0.2) is 5.82 Å². The predicted octanol–water partition coefficient (Wildman–Crippen LogP) is 3.97. The second-order valence-electron chi connectivity index (χ2n) is 12.0. The number of carbonyl (C=O) groups excluding carboxylic acids is 2. The number of nitrogens with zero attached hydrogens (tertiary/aromatic N) is 6. The van der Waals surface area contributed by atoms with Gasteiger partial charge in [0.2, 0.25) is 5.91 Å². The number of hydrogen-bond acceptors (Lipinski definition) is 6. The van der Waals surface area contributed by atoms with Gasteiger partial charge in [-0.05, 0) is 84.3 Å². The number of tetrazole rings is 1. The van der Waals surface area contributed by atoms with Crippen molar-refractivity contribution < 1.29 is 14.0 Å². The number of hydrogen-bond donors (Lipinski definition) is 2. The first kappa shape index (κ1) is 29.6. The largest absolute Gasteiger partial charge is 0.340 e.